The minimum absolute atomic E-state index is 0.0730. The zero-order valence-electron chi connectivity index (χ0n) is 23.9. The minimum Gasteiger partial charge on any atom is -0.455 e. The molecule has 0 spiro atoms. The third-order valence-corrected chi connectivity index (χ3v) is 17.9. The Balaban J connectivity index is 3.38. The Kier molecular flexibility index (Phi) is 39.5. The van der Waals surface area contributed by atoms with Gasteiger partial charge in [-0.1, -0.05) is 11.8 Å². The first-order valence-corrected chi connectivity index (χ1v) is 26.8. The molecule has 0 aromatic heterocycles. The third-order valence-electron chi connectivity index (χ3n) is 4.15. The number of hydrogen-bond donors (Lipinski definition) is 2. The molecule has 0 rings (SSSR count). The highest BCUT2D eigenvalue weighted by molar-refractivity contribution is 8.28. The minimum atomic E-state index is -0.832. The highest BCUT2D eigenvalue weighted by Gasteiger charge is 2.07. The summed E-state index contributed by atoms with van der Waals surface area (Å²) >= 11 is 17.3. The van der Waals surface area contributed by atoms with Gasteiger partial charge in [0.2, 0.25) is 0 Å². The number of ether oxygens (including phenoxy) is 2. The van der Waals surface area contributed by atoms with E-state index < -0.39 is 10.8 Å². The summed E-state index contributed by atoms with van der Waals surface area (Å²) in [5.41, 5.74) is 0. The van der Waals surface area contributed by atoms with Crippen LogP contribution in [-0.4, -0.2) is 120 Å². The molecule has 2 N–H and O–H groups in total. The van der Waals surface area contributed by atoms with E-state index in [0.717, 1.165) is 38.9 Å². The summed E-state index contributed by atoms with van der Waals surface area (Å²) in [5, 5.41) is 22.8. The van der Waals surface area contributed by atoms with Crippen LogP contribution in [0.1, 0.15) is 25.7 Å². The summed E-state index contributed by atoms with van der Waals surface area (Å²) in [6.07, 6.45) is 2.23. The van der Waals surface area contributed by atoms with Gasteiger partial charge in [0, 0.05) is 70.7 Å². The maximum Gasteiger partial charge on any atom is 0.307 e. The van der Waals surface area contributed by atoms with Gasteiger partial charge in [-0.25, -0.2) is 0 Å². The van der Waals surface area contributed by atoms with Crippen molar-refractivity contribution in [3.63, 3.8) is 0 Å². The fourth-order valence-corrected chi connectivity index (χ4v) is 14.2. The van der Waals surface area contributed by atoms with Gasteiger partial charge in [-0.15, -0.1) is 70.6 Å². The zero-order chi connectivity index (χ0) is 31.6. The lowest BCUT2D eigenvalue weighted by atomic mass is 10.5. The van der Waals surface area contributed by atoms with Crippen molar-refractivity contribution in [1.82, 2.24) is 0 Å². The molecule has 0 aliphatic heterocycles. The molecule has 0 radical (unpaired) electrons. The van der Waals surface area contributed by atoms with Crippen LogP contribution in [0.2, 0.25) is 0 Å². The quantitative estimate of drug-likeness (QED) is 0.0425. The van der Waals surface area contributed by atoms with Crippen molar-refractivity contribution in [2.75, 3.05) is 88.1 Å². The van der Waals surface area contributed by atoms with Crippen molar-refractivity contribution in [2.24, 2.45) is 0 Å². The van der Waals surface area contributed by atoms with Crippen LogP contribution < -0.4 is 0 Å². The predicted octanol–water partition coefficient (Wildman–Crippen LogP) is 6.49. The summed E-state index contributed by atoms with van der Waals surface area (Å²) in [7, 11) is -0.832. The van der Waals surface area contributed by atoms with E-state index in [-0.39, 0.29) is 28.9 Å². The lowest BCUT2D eigenvalue weighted by Crippen LogP contribution is -2.05. The fraction of sp³-hybridized carbons (Fsp3) is 0.870. The Morgan fingerprint density at radius 2 is 1.05 bits per heavy atom. The summed E-state index contributed by atoms with van der Waals surface area (Å²) in [6.45, 7) is 0. The second kappa shape index (κ2) is 37.4. The molecule has 0 fully saturated rings. The Morgan fingerprint density at radius 3 is 1.60 bits per heavy atom. The second-order valence-corrected chi connectivity index (χ2v) is 22.8. The first kappa shape index (κ1) is 45.5. The highest BCUT2D eigenvalue weighted by atomic mass is 32.3. The number of esters is 2. The van der Waals surface area contributed by atoms with Crippen LogP contribution in [-0.2, 0) is 34.7 Å². The first-order chi connectivity index (χ1) is 21.0. The maximum absolute atomic E-state index is 12.2. The Labute approximate surface area is 306 Å². The van der Waals surface area contributed by atoms with Gasteiger partial charge in [0.15, 0.2) is 5.12 Å². The molecule has 254 valence electrons. The molecule has 0 aliphatic carbocycles. The summed E-state index contributed by atoms with van der Waals surface area (Å²) < 4.78 is 22.4. The standard InChI is InChI=1S/C23H42O8S12/c24-10-36-16-38-12-30-21(26)2-6-33-14-32-5-1-9-43(29)20-41-18-40-19-42-23(28)4-8-35-15-34-7-3-22(27)31-13-39-17-37-11-25/h24-25H,1-20H2. The van der Waals surface area contributed by atoms with Gasteiger partial charge in [0.1, 0.15) is 11.9 Å². The predicted molar refractivity (Wildman–Crippen MR) is 210 cm³/mol. The van der Waals surface area contributed by atoms with Gasteiger partial charge >= 0.3 is 11.9 Å². The summed E-state index contributed by atoms with van der Waals surface area (Å²) in [5.74, 6) is 4.28. The van der Waals surface area contributed by atoms with Crippen LogP contribution in [0.3, 0.4) is 0 Å². The van der Waals surface area contributed by atoms with Crippen LogP contribution in [0.4, 0.5) is 0 Å². The lowest BCUT2D eigenvalue weighted by molar-refractivity contribution is -0.141. The van der Waals surface area contributed by atoms with E-state index in [1.54, 1.807) is 70.6 Å². The van der Waals surface area contributed by atoms with Gasteiger partial charge < -0.3 is 19.7 Å². The van der Waals surface area contributed by atoms with Crippen LogP contribution in [0.15, 0.2) is 0 Å². The van der Waals surface area contributed by atoms with Crippen molar-refractivity contribution in [1.29, 1.82) is 0 Å². The number of aliphatic hydroxyl groups is 2. The molecule has 8 nitrogen and oxygen atoms in total. The van der Waals surface area contributed by atoms with E-state index in [1.807, 2.05) is 0 Å². The lowest BCUT2D eigenvalue weighted by Gasteiger charge is -2.05. The van der Waals surface area contributed by atoms with Crippen molar-refractivity contribution in [3.8, 4) is 0 Å². The molecule has 0 aromatic rings. The average molecular weight is 831 g/mol. The zero-order valence-corrected chi connectivity index (χ0v) is 33.7. The monoisotopic (exact) mass is 830 g/mol. The average Bonchev–Trinajstić information content (AvgIpc) is 2.99. The second-order valence-electron chi connectivity index (χ2n) is 7.47. The van der Waals surface area contributed by atoms with Crippen molar-refractivity contribution >= 4 is 157 Å². The molecule has 20 heteroatoms. The third kappa shape index (κ3) is 37.2. The van der Waals surface area contributed by atoms with E-state index in [4.69, 9.17) is 19.7 Å². The van der Waals surface area contributed by atoms with Gasteiger partial charge in [0.25, 0.3) is 0 Å². The molecule has 43 heavy (non-hydrogen) atoms. The van der Waals surface area contributed by atoms with Gasteiger partial charge in [-0.05, 0) is 12.2 Å². The molecule has 0 bridgehead atoms. The van der Waals surface area contributed by atoms with Gasteiger partial charge in [-0.2, -0.15) is 47.0 Å². The number of carbonyl (C=O) groups is 3. The number of thioether (sulfide) groups is 11. The van der Waals surface area contributed by atoms with Crippen LogP contribution >= 0.6 is 129 Å². The Morgan fingerprint density at radius 1 is 0.558 bits per heavy atom. The number of rotatable bonds is 33. The topological polar surface area (TPSA) is 127 Å². The molecule has 1 unspecified atom stereocenters. The van der Waals surface area contributed by atoms with Crippen molar-refractivity contribution < 1.29 is 38.3 Å². The molecule has 0 aromatic carbocycles. The number of hydrogen-bond acceptors (Lipinski definition) is 19. The Bertz CT molecular complexity index is 711. The number of carbonyl (C=O) groups excluding carboxylic acids is 3. The van der Waals surface area contributed by atoms with Crippen molar-refractivity contribution in [2.45, 2.75) is 25.7 Å². The Hall–Kier alpha value is 2.53. The van der Waals surface area contributed by atoms with Crippen LogP contribution in [0, 0.1) is 0 Å². The molecule has 0 aliphatic rings. The van der Waals surface area contributed by atoms with E-state index >= 15 is 0 Å². The summed E-state index contributed by atoms with van der Waals surface area (Å²) in [4.78, 5) is 35.2. The first-order valence-electron chi connectivity index (χ1n) is 12.8. The van der Waals surface area contributed by atoms with Crippen LogP contribution in [0.5, 0.6) is 0 Å². The smallest absolute Gasteiger partial charge is 0.307 e. The number of aliphatic hydroxyl groups excluding tert-OH is 2. The highest BCUT2D eigenvalue weighted by Crippen LogP contribution is 2.22. The molecular formula is C23H42O8S12. The van der Waals surface area contributed by atoms with E-state index in [9.17, 15) is 18.6 Å². The maximum atomic E-state index is 12.2. The molecule has 1 atom stereocenters. The molecule has 0 heterocycles. The van der Waals surface area contributed by atoms with Crippen LogP contribution in [0.25, 0.3) is 0 Å². The summed E-state index contributed by atoms with van der Waals surface area (Å²) in [6, 6.07) is 0. The molecule has 0 saturated carbocycles. The normalized spacial score (nSPS) is 11.9. The fourth-order valence-electron chi connectivity index (χ4n) is 2.22. The van der Waals surface area contributed by atoms with E-state index in [1.165, 1.54) is 58.8 Å². The largest absolute Gasteiger partial charge is 0.455 e. The van der Waals surface area contributed by atoms with Gasteiger partial charge in [0.05, 0.1) is 29.8 Å². The van der Waals surface area contributed by atoms with Gasteiger partial charge in [-0.3, -0.25) is 18.6 Å². The molecule has 0 amide bonds. The van der Waals surface area contributed by atoms with E-state index in [0.29, 0.717) is 63.0 Å². The van der Waals surface area contributed by atoms with E-state index in [2.05, 4.69) is 0 Å². The molecular weight excluding hydrogens is 789 g/mol. The SMILES string of the molecule is O=C(CCSCSCCCS(=O)CSCSCSC(=O)CCSCSCCC(=O)OCSCSCO)OCSCSCO. The van der Waals surface area contributed by atoms with Crippen molar-refractivity contribution in [3.05, 3.63) is 0 Å². The molecule has 0 saturated heterocycles.